The van der Waals surface area contributed by atoms with Crippen LogP contribution in [-0.2, 0) is 14.3 Å². The number of rotatable bonds is 4. The Bertz CT molecular complexity index is 396. The van der Waals surface area contributed by atoms with Crippen molar-refractivity contribution in [3.8, 4) is 0 Å². The Morgan fingerprint density at radius 3 is 2.18 bits per heavy atom. The van der Waals surface area contributed by atoms with Crippen molar-refractivity contribution < 1.29 is 24.2 Å². The molecule has 1 unspecified atom stereocenters. The van der Waals surface area contributed by atoms with Gasteiger partial charge < -0.3 is 14.6 Å². The molecule has 0 amide bonds. The predicted molar refractivity (Wildman–Crippen MR) is 59.6 cm³/mol. The second-order valence-electron chi connectivity index (χ2n) is 3.37. The van der Waals surface area contributed by atoms with E-state index in [9.17, 15) is 9.59 Å². The number of esters is 2. The lowest BCUT2D eigenvalue weighted by molar-refractivity contribution is -0.143. The number of carbonyl (C=O) groups excluding carboxylic acids is 2. The number of aliphatic hydroxyl groups is 1. The summed E-state index contributed by atoms with van der Waals surface area (Å²) in [6.07, 6.45) is 0. The Balaban J connectivity index is 2.92. The highest BCUT2D eigenvalue weighted by atomic mass is 16.5. The van der Waals surface area contributed by atoms with E-state index in [0.29, 0.717) is 11.1 Å². The normalized spacial score (nSPS) is 11.7. The Hall–Kier alpha value is -1.88. The molecule has 0 aliphatic rings. The van der Waals surface area contributed by atoms with Gasteiger partial charge in [0.1, 0.15) is 5.92 Å². The Labute approximate surface area is 99.0 Å². The lowest BCUT2D eigenvalue weighted by atomic mass is 9.99. The molecule has 5 heteroatoms. The average molecular weight is 238 g/mol. The number of hydrogen-bond acceptors (Lipinski definition) is 5. The number of carbonyl (C=O) groups is 2. The highest BCUT2D eigenvalue weighted by Gasteiger charge is 2.20. The van der Waals surface area contributed by atoms with Crippen molar-refractivity contribution in [1.82, 2.24) is 0 Å². The molecule has 0 radical (unpaired) electrons. The standard InChI is InChI=1S/C12H14O5/c1-16-11(14)9-5-3-8(4-6-9)10(7-13)12(15)17-2/h3-6,10,13H,7H2,1-2H3. The molecule has 0 saturated carbocycles. The summed E-state index contributed by atoms with van der Waals surface area (Å²) in [4.78, 5) is 22.5. The molecular weight excluding hydrogens is 224 g/mol. The molecule has 1 atom stereocenters. The summed E-state index contributed by atoms with van der Waals surface area (Å²) in [5, 5.41) is 9.11. The molecule has 0 aliphatic carbocycles. The highest BCUT2D eigenvalue weighted by Crippen LogP contribution is 2.17. The molecule has 1 N–H and O–H groups in total. The van der Waals surface area contributed by atoms with E-state index in [2.05, 4.69) is 9.47 Å². The first-order chi connectivity index (χ1) is 8.13. The van der Waals surface area contributed by atoms with Crippen molar-refractivity contribution >= 4 is 11.9 Å². The van der Waals surface area contributed by atoms with Gasteiger partial charge in [-0.05, 0) is 17.7 Å². The second-order valence-corrected chi connectivity index (χ2v) is 3.37. The van der Waals surface area contributed by atoms with Gasteiger partial charge in [0.2, 0.25) is 0 Å². The van der Waals surface area contributed by atoms with Gasteiger partial charge in [-0.25, -0.2) is 4.79 Å². The van der Waals surface area contributed by atoms with Gasteiger partial charge in [0.25, 0.3) is 0 Å². The monoisotopic (exact) mass is 238 g/mol. The third kappa shape index (κ3) is 3.04. The van der Waals surface area contributed by atoms with Crippen molar-refractivity contribution in [2.45, 2.75) is 5.92 Å². The van der Waals surface area contributed by atoms with E-state index in [0.717, 1.165) is 0 Å². The van der Waals surface area contributed by atoms with Crippen LogP contribution in [0, 0.1) is 0 Å². The smallest absolute Gasteiger partial charge is 0.337 e. The molecule has 17 heavy (non-hydrogen) atoms. The molecule has 92 valence electrons. The van der Waals surface area contributed by atoms with E-state index in [-0.39, 0.29) is 6.61 Å². The summed E-state index contributed by atoms with van der Waals surface area (Å²) >= 11 is 0. The molecule has 1 aromatic carbocycles. The first kappa shape index (κ1) is 13.2. The number of hydrogen-bond donors (Lipinski definition) is 1. The number of aliphatic hydroxyl groups excluding tert-OH is 1. The van der Waals surface area contributed by atoms with Crippen LogP contribution in [0.4, 0.5) is 0 Å². The van der Waals surface area contributed by atoms with Crippen molar-refractivity contribution in [2.75, 3.05) is 20.8 Å². The summed E-state index contributed by atoms with van der Waals surface area (Å²) in [6.45, 7) is -0.343. The van der Waals surface area contributed by atoms with Gasteiger partial charge in [0.05, 0.1) is 26.4 Å². The Kier molecular flexibility index (Phi) is 4.66. The van der Waals surface area contributed by atoms with Crippen LogP contribution in [0.15, 0.2) is 24.3 Å². The van der Waals surface area contributed by atoms with Crippen LogP contribution in [0.1, 0.15) is 21.8 Å². The summed E-state index contributed by atoms with van der Waals surface area (Å²) in [5.41, 5.74) is 0.977. The van der Waals surface area contributed by atoms with Crippen LogP contribution < -0.4 is 0 Å². The zero-order valence-corrected chi connectivity index (χ0v) is 9.67. The van der Waals surface area contributed by atoms with Gasteiger partial charge in [0.15, 0.2) is 0 Å². The molecule has 0 aliphatic heterocycles. The van der Waals surface area contributed by atoms with Crippen molar-refractivity contribution in [3.05, 3.63) is 35.4 Å². The van der Waals surface area contributed by atoms with Gasteiger partial charge >= 0.3 is 11.9 Å². The third-order valence-electron chi connectivity index (χ3n) is 2.40. The van der Waals surface area contributed by atoms with E-state index in [1.807, 2.05) is 0 Å². The van der Waals surface area contributed by atoms with E-state index in [4.69, 9.17) is 5.11 Å². The second kappa shape index (κ2) is 6.00. The van der Waals surface area contributed by atoms with E-state index in [1.54, 1.807) is 12.1 Å². The van der Waals surface area contributed by atoms with Gasteiger partial charge in [-0.1, -0.05) is 12.1 Å². The quantitative estimate of drug-likeness (QED) is 0.782. The topological polar surface area (TPSA) is 72.8 Å². The summed E-state index contributed by atoms with van der Waals surface area (Å²) < 4.78 is 9.12. The largest absolute Gasteiger partial charge is 0.468 e. The highest BCUT2D eigenvalue weighted by molar-refractivity contribution is 5.89. The van der Waals surface area contributed by atoms with Gasteiger partial charge in [0, 0.05) is 0 Å². The zero-order chi connectivity index (χ0) is 12.8. The van der Waals surface area contributed by atoms with Gasteiger partial charge in [-0.15, -0.1) is 0 Å². The van der Waals surface area contributed by atoms with Crippen LogP contribution in [0.2, 0.25) is 0 Å². The first-order valence-electron chi connectivity index (χ1n) is 5.01. The maximum Gasteiger partial charge on any atom is 0.337 e. The minimum absolute atomic E-state index is 0.343. The summed E-state index contributed by atoms with van der Waals surface area (Å²) in [6, 6.07) is 6.24. The Morgan fingerprint density at radius 2 is 1.76 bits per heavy atom. The SMILES string of the molecule is COC(=O)c1ccc(C(CO)C(=O)OC)cc1. The molecular formula is C12H14O5. The van der Waals surface area contributed by atoms with E-state index < -0.39 is 17.9 Å². The maximum atomic E-state index is 11.3. The van der Waals surface area contributed by atoms with Crippen LogP contribution >= 0.6 is 0 Å². The number of benzene rings is 1. The lowest BCUT2D eigenvalue weighted by Gasteiger charge is -2.12. The molecule has 0 heterocycles. The predicted octanol–water partition coefficient (Wildman–Crippen LogP) is 0.722. The molecule has 0 saturated heterocycles. The molecule has 1 aromatic rings. The van der Waals surface area contributed by atoms with Crippen molar-refractivity contribution in [1.29, 1.82) is 0 Å². The van der Waals surface area contributed by atoms with Gasteiger partial charge in [-0.2, -0.15) is 0 Å². The number of methoxy groups -OCH3 is 2. The Morgan fingerprint density at radius 1 is 1.18 bits per heavy atom. The van der Waals surface area contributed by atoms with Crippen LogP contribution in [-0.4, -0.2) is 37.9 Å². The minimum atomic E-state index is -0.730. The first-order valence-corrected chi connectivity index (χ1v) is 5.01. The molecule has 0 fully saturated rings. The van der Waals surface area contributed by atoms with E-state index >= 15 is 0 Å². The van der Waals surface area contributed by atoms with Crippen LogP contribution in [0.25, 0.3) is 0 Å². The molecule has 5 nitrogen and oxygen atoms in total. The van der Waals surface area contributed by atoms with Crippen LogP contribution in [0.5, 0.6) is 0 Å². The van der Waals surface area contributed by atoms with Crippen molar-refractivity contribution in [3.63, 3.8) is 0 Å². The lowest BCUT2D eigenvalue weighted by Crippen LogP contribution is -2.18. The summed E-state index contributed by atoms with van der Waals surface area (Å²) in [5.74, 6) is -1.69. The molecule has 0 aromatic heterocycles. The fourth-order valence-electron chi connectivity index (χ4n) is 1.43. The van der Waals surface area contributed by atoms with Gasteiger partial charge in [-0.3, -0.25) is 4.79 Å². The van der Waals surface area contributed by atoms with Crippen LogP contribution in [0.3, 0.4) is 0 Å². The van der Waals surface area contributed by atoms with E-state index in [1.165, 1.54) is 26.4 Å². The average Bonchev–Trinajstić information content (AvgIpc) is 2.39. The molecule has 1 rings (SSSR count). The third-order valence-corrected chi connectivity index (χ3v) is 2.40. The van der Waals surface area contributed by atoms with Crippen molar-refractivity contribution in [2.24, 2.45) is 0 Å². The summed E-state index contributed by atoms with van der Waals surface area (Å²) in [7, 11) is 2.55. The zero-order valence-electron chi connectivity index (χ0n) is 9.67. The number of ether oxygens (including phenoxy) is 2. The fourth-order valence-corrected chi connectivity index (χ4v) is 1.43. The minimum Gasteiger partial charge on any atom is -0.468 e. The molecule has 0 spiro atoms. The fraction of sp³-hybridized carbons (Fsp3) is 0.333. The molecule has 0 bridgehead atoms. The maximum absolute atomic E-state index is 11.3.